The zero-order chi connectivity index (χ0) is 46.1. The molecule has 3 aliphatic heterocycles. The number of piperazine rings is 1. The molecule has 3 aliphatic rings. The molecule has 3 aromatic heterocycles. The number of hydrogen-bond donors (Lipinski definition) is 1. The van der Waals surface area contributed by atoms with Crippen LogP contribution in [0.3, 0.4) is 0 Å². The molecule has 0 saturated carbocycles. The van der Waals surface area contributed by atoms with Gasteiger partial charge < -0.3 is 38.1 Å². The van der Waals surface area contributed by atoms with Crippen LogP contribution in [0.25, 0.3) is 44.9 Å². The molecule has 2 atom stereocenters. The number of carboxylic acid groups (broad SMARTS) is 1. The van der Waals surface area contributed by atoms with Crippen molar-refractivity contribution < 1.29 is 42.4 Å². The summed E-state index contributed by atoms with van der Waals surface area (Å²) in [6, 6.07) is 20.2. The van der Waals surface area contributed by atoms with Gasteiger partial charge in [-0.2, -0.15) is 0 Å². The summed E-state index contributed by atoms with van der Waals surface area (Å²) < 4.78 is 52.5. The van der Waals surface area contributed by atoms with E-state index in [2.05, 4.69) is 31.8 Å². The Kier molecular flexibility index (Phi) is 13.0. The van der Waals surface area contributed by atoms with Gasteiger partial charge in [0.15, 0.2) is 11.6 Å². The van der Waals surface area contributed by atoms with Crippen molar-refractivity contribution in [3.8, 4) is 62.7 Å². The van der Waals surface area contributed by atoms with E-state index in [1.54, 1.807) is 49.7 Å². The number of fused-ring (bicyclic) bond motifs is 7. The number of nitrogens with zero attached hydrogens (tertiary/aromatic N) is 6. The summed E-state index contributed by atoms with van der Waals surface area (Å²) in [5.74, 6) is 0.643. The van der Waals surface area contributed by atoms with E-state index in [1.165, 1.54) is 18.5 Å². The zero-order valence-corrected chi connectivity index (χ0v) is 38.0. The molecule has 1 fully saturated rings. The summed E-state index contributed by atoms with van der Waals surface area (Å²) in [6.45, 7) is 7.68. The summed E-state index contributed by atoms with van der Waals surface area (Å²) >= 11 is 14.6. The van der Waals surface area contributed by atoms with Crippen molar-refractivity contribution in [2.24, 2.45) is 0 Å². The molecule has 1 N–H and O–H groups in total. The molecule has 10 rings (SSSR count). The van der Waals surface area contributed by atoms with Crippen molar-refractivity contribution in [1.82, 2.24) is 29.7 Å². The fourth-order valence-corrected chi connectivity index (χ4v) is 8.82. The van der Waals surface area contributed by atoms with Crippen LogP contribution in [0.15, 0.2) is 89.7 Å². The largest absolute Gasteiger partial charge is 0.496 e. The van der Waals surface area contributed by atoms with E-state index in [-0.39, 0.29) is 58.2 Å². The summed E-state index contributed by atoms with van der Waals surface area (Å²) in [4.78, 5) is 36.0. The number of ether oxygens (including phenoxy) is 5. The Bertz CT molecular complexity index is 2900. The van der Waals surface area contributed by atoms with Crippen LogP contribution < -0.4 is 23.7 Å². The van der Waals surface area contributed by atoms with Gasteiger partial charge >= 0.3 is 5.97 Å². The van der Waals surface area contributed by atoms with Gasteiger partial charge in [0.2, 0.25) is 17.7 Å². The molecule has 7 aromatic rings. The summed E-state index contributed by atoms with van der Waals surface area (Å²) in [5, 5.41) is 11.6. The second-order valence-electron chi connectivity index (χ2n) is 16.2. The van der Waals surface area contributed by atoms with Crippen LogP contribution >= 0.6 is 23.2 Å². The maximum absolute atomic E-state index is 14.3. The number of furan rings is 1. The Morgan fingerprint density at radius 2 is 1.67 bits per heavy atom. The Morgan fingerprint density at radius 1 is 0.909 bits per heavy atom. The maximum atomic E-state index is 14.3. The van der Waals surface area contributed by atoms with Gasteiger partial charge in [-0.1, -0.05) is 35.3 Å². The van der Waals surface area contributed by atoms with Crippen LogP contribution in [0.4, 0.5) is 4.39 Å². The number of hydrogen-bond acceptors (Lipinski definition) is 13. The number of halogens is 3. The van der Waals surface area contributed by atoms with Gasteiger partial charge in [0.1, 0.15) is 59.9 Å². The van der Waals surface area contributed by atoms with Gasteiger partial charge in [0, 0.05) is 62.0 Å². The minimum absolute atomic E-state index is 0.0198. The van der Waals surface area contributed by atoms with Crippen LogP contribution in [-0.2, 0) is 17.8 Å². The van der Waals surface area contributed by atoms with Gasteiger partial charge in [0.05, 0.1) is 28.4 Å². The second kappa shape index (κ2) is 19.1. The third-order valence-corrected chi connectivity index (χ3v) is 12.7. The lowest BCUT2D eigenvalue weighted by Crippen LogP contribution is -2.49. The number of carbonyl (C=O) groups is 1. The van der Waals surface area contributed by atoms with Gasteiger partial charge in [-0.25, -0.2) is 29.1 Å². The van der Waals surface area contributed by atoms with E-state index in [0.29, 0.717) is 74.3 Å². The highest BCUT2D eigenvalue weighted by Gasteiger charge is 2.33. The number of carboxylic acids is 1. The van der Waals surface area contributed by atoms with Crippen molar-refractivity contribution in [2.75, 3.05) is 53.5 Å². The van der Waals surface area contributed by atoms with Crippen molar-refractivity contribution >= 4 is 40.3 Å². The maximum Gasteiger partial charge on any atom is 0.345 e. The first-order chi connectivity index (χ1) is 31.9. The first-order valence-electron chi connectivity index (χ1n) is 21.3. The van der Waals surface area contributed by atoms with Gasteiger partial charge in [-0.3, -0.25) is 4.90 Å². The molecule has 6 heterocycles. The lowest BCUT2D eigenvalue weighted by atomic mass is 9.91. The number of aliphatic carboxylic acids is 1. The second-order valence-corrected chi connectivity index (χ2v) is 16.9. The van der Waals surface area contributed by atoms with Crippen LogP contribution in [0.5, 0.6) is 28.9 Å². The molecule has 4 bridgehead atoms. The molecular formula is C49H45Cl2FN6O8. The van der Waals surface area contributed by atoms with E-state index < -0.39 is 24.0 Å². The number of benzene rings is 4. The Labute approximate surface area is 389 Å². The highest BCUT2D eigenvalue weighted by Crippen LogP contribution is 2.51. The normalized spacial score (nSPS) is 16.8. The topological polar surface area (TPSA) is 155 Å². The van der Waals surface area contributed by atoms with Gasteiger partial charge in [-0.15, -0.1) is 0 Å². The number of aromatic nitrogens is 4. The Morgan fingerprint density at radius 3 is 2.41 bits per heavy atom. The SMILES string of the molecule is COc1ccccc1-c1nccc(COc2ccc3cc2C[C@H](C(=O)O)Oc2ncnc4oc(-c5ccc(F)cc5)c(c24)-c2c(C)c(Cl)c(c(Cl)c2C)O[C@H](CN2CCN(C)CC2)CO3)n1. The van der Waals surface area contributed by atoms with E-state index >= 15 is 0 Å². The van der Waals surface area contributed by atoms with Crippen LogP contribution in [0.2, 0.25) is 10.0 Å². The van der Waals surface area contributed by atoms with E-state index in [4.69, 9.17) is 56.3 Å². The molecule has 0 radical (unpaired) electrons. The first kappa shape index (κ1) is 44.7. The average molecular weight is 936 g/mol. The average Bonchev–Trinajstić information content (AvgIpc) is 3.71. The quantitative estimate of drug-likeness (QED) is 0.146. The summed E-state index contributed by atoms with van der Waals surface area (Å²) in [7, 11) is 3.68. The number of likely N-dealkylation sites (N-methyl/N-ethyl adjacent to an activating group) is 1. The van der Waals surface area contributed by atoms with E-state index in [0.717, 1.165) is 26.2 Å². The molecule has 0 amide bonds. The molecule has 4 aromatic carbocycles. The molecule has 1 saturated heterocycles. The number of para-hydroxylation sites is 1. The molecule has 0 aliphatic carbocycles. The summed E-state index contributed by atoms with van der Waals surface area (Å²) in [6.07, 6.45) is 0.602. The minimum atomic E-state index is -1.52. The van der Waals surface area contributed by atoms with Gasteiger partial charge in [-0.05, 0) is 98.2 Å². The molecule has 66 heavy (non-hydrogen) atoms. The van der Waals surface area contributed by atoms with Crippen molar-refractivity contribution in [3.63, 3.8) is 0 Å². The minimum Gasteiger partial charge on any atom is -0.496 e. The lowest BCUT2D eigenvalue weighted by molar-refractivity contribution is -0.145. The third-order valence-electron chi connectivity index (χ3n) is 11.8. The van der Waals surface area contributed by atoms with Gasteiger partial charge in [0.25, 0.3) is 0 Å². The van der Waals surface area contributed by atoms with Crippen molar-refractivity contribution in [1.29, 1.82) is 0 Å². The predicted molar refractivity (Wildman–Crippen MR) is 247 cm³/mol. The third kappa shape index (κ3) is 9.16. The fourth-order valence-electron chi connectivity index (χ4n) is 8.30. The molecular weight excluding hydrogens is 890 g/mol. The highest BCUT2D eigenvalue weighted by molar-refractivity contribution is 6.39. The Hall–Kier alpha value is -6.52. The van der Waals surface area contributed by atoms with E-state index in [9.17, 15) is 14.3 Å². The monoisotopic (exact) mass is 934 g/mol. The first-order valence-corrected chi connectivity index (χ1v) is 22.0. The number of methoxy groups -OCH3 is 1. The van der Waals surface area contributed by atoms with Crippen molar-refractivity contribution in [3.05, 3.63) is 124 Å². The number of rotatable bonds is 9. The van der Waals surface area contributed by atoms with Crippen molar-refractivity contribution in [2.45, 2.75) is 39.1 Å². The molecule has 340 valence electrons. The standard InChI is InChI=1S/C49H45Cl2FN6O8/c1-27-39-28(2)43(51)45(42(27)50)64-34(23-58-19-17-57(3)18-20-58)25-62-33-13-14-36(63-24-32-15-16-53-46(56-32)35-7-5-6-8-37(35)61-4)30(21-33)22-38(49(59)60)65-47-41-40(39)44(66-48(41)55-26-54-47)29-9-11-31(52)12-10-29/h5-16,21,26,34,38H,17-20,22-25H2,1-4H3,(H,59,60)/t34-,38-/m1/s1. The van der Waals surface area contributed by atoms with Crippen LogP contribution in [-0.4, -0.2) is 107 Å². The lowest BCUT2D eigenvalue weighted by Gasteiger charge is -2.35. The smallest absolute Gasteiger partial charge is 0.345 e. The predicted octanol–water partition coefficient (Wildman–Crippen LogP) is 9.13. The molecule has 17 heteroatoms. The van der Waals surface area contributed by atoms with E-state index in [1.807, 2.05) is 38.1 Å². The van der Waals surface area contributed by atoms with Crippen LogP contribution in [0.1, 0.15) is 22.4 Å². The van der Waals surface area contributed by atoms with Crippen LogP contribution in [0, 0.1) is 19.7 Å². The Balaban J connectivity index is 1.16. The molecule has 0 spiro atoms. The molecule has 0 unspecified atom stereocenters. The fraction of sp³-hybridized carbons (Fsp3) is 0.286. The zero-order valence-electron chi connectivity index (χ0n) is 36.5. The summed E-state index contributed by atoms with van der Waals surface area (Å²) in [5.41, 5.74) is 4.49. The molecule has 14 nitrogen and oxygen atoms in total. The highest BCUT2D eigenvalue weighted by atomic mass is 35.5.